The molecule has 68 valence electrons. The quantitative estimate of drug-likeness (QED) is 0.774. The molecular weight excluding hydrogens is 164 g/mol. The molecule has 2 aromatic rings. The number of aryl methyl sites for hydroxylation is 1. The van der Waals surface area contributed by atoms with E-state index < -0.39 is 0 Å². The molecule has 0 aliphatic carbocycles. The molecule has 0 atom stereocenters. The number of nitrogens with two attached hydrogens (primary N) is 1. The van der Waals surface area contributed by atoms with Crippen LogP contribution in [0.2, 0.25) is 0 Å². The molecule has 3 heteroatoms. The van der Waals surface area contributed by atoms with Gasteiger partial charge in [0, 0.05) is 17.1 Å². The van der Waals surface area contributed by atoms with Crippen LogP contribution in [0.1, 0.15) is 12.0 Å². The Kier molecular flexibility index (Phi) is 2.27. The first-order chi connectivity index (χ1) is 6.42. The van der Waals surface area contributed by atoms with Gasteiger partial charge in [-0.25, -0.2) is 4.98 Å². The van der Waals surface area contributed by atoms with Gasteiger partial charge in [0.2, 0.25) is 5.71 Å². The Bertz CT molecular complexity index is 394. The van der Waals surface area contributed by atoms with E-state index in [1.165, 1.54) is 5.56 Å². The van der Waals surface area contributed by atoms with Gasteiger partial charge >= 0.3 is 0 Å². The Morgan fingerprint density at radius 3 is 3.23 bits per heavy atom. The van der Waals surface area contributed by atoms with Crippen LogP contribution in [-0.2, 0) is 6.42 Å². The van der Waals surface area contributed by atoms with Crippen molar-refractivity contribution in [2.75, 3.05) is 6.54 Å². The van der Waals surface area contributed by atoms with Gasteiger partial charge in [0.15, 0.2) is 0 Å². The van der Waals surface area contributed by atoms with Crippen LogP contribution in [0.25, 0.3) is 11.1 Å². The summed E-state index contributed by atoms with van der Waals surface area (Å²) >= 11 is 0. The van der Waals surface area contributed by atoms with Crippen LogP contribution in [0.5, 0.6) is 0 Å². The van der Waals surface area contributed by atoms with E-state index in [1.807, 2.05) is 12.1 Å². The number of fused-ring (bicyclic) bond motifs is 1. The Morgan fingerprint density at radius 2 is 2.38 bits per heavy atom. The molecule has 2 heterocycles. The van der Waals surface area contributed by atoms with Crippen molar-refractivity contribution in [2.24, 2.45) is 5.73 Å². The van der Waals surface area contributed by atoms with Gasteiger partial charge in [0.1, 0.15) is 0 Å². The van der Waals surface area contributed by atoms with Crippen LogP contribution in [0, 0.1) is 0 Å². The Morgan fingerprint density at radius 1 is 1.46 bits per heavy atom. The highest BCUT2D eigenvalue weighted by atomic mass is 16.3. The van der Waals surface area contributed by atoms with E-state index in [0.717, 1.165) is 23.9 Å². The van der Waals surface area contributed by atoms with E-state index in [1.54, 1.807) is 12.5 Å². The highest BCUT2D eigenvalue weighted by molar-refractivity contribution is 5.77. The van der Waals surface area contributed by atoms with E-state index in [9.17, 15) is 0 Å². The van der Waals surface area contributed by atoms with E-state index in [4.69, 9.17) is 10.2 Å². The third kappa shape index (κ3) is 1.55. The van der Waals surface area contributed by atoms with Crippen molar-refractivity contribution in [3.8, 4) is 0 Å². The van der Waals surface area contributed by atoms with E-state index in [-0.39, 0.29) is 0 Å². The number of rotatable bonds is 3. The second kappa shape index (κ2) is 3.58. The molecule has 0 unspecified atom stereocenters. The summed E-state index contributed by atoms with van der Waals surface area (Å²) in [5.74, 6) is 0. The standard InChI is InChI=1S/C10H12N2O/c11-5-1-3-8-7-13-10-9(8)4-2-6-12-10/h2,4,6-7H,1,3,5,11H2. The van der Waals surface area contributed by atoms with Crippen molar-refractivity contribution in [3.63, 3.8) is 0 Å². The molecule has 0 aliphatic heterocycles. The van der Waals surface area contributed by atoms with Crippen molar-refractivity contribution < 1.29 is 4.42 Å². The molecule has 0 radical (unpaired) electrons. The van der Waals surface area contributed by atoms with Gasteiger partial charge in [-0.1, -0.05) is 0 Å². The number of aromatic nitrogens is 1. The molecule has 0 saturated carbocycles. The highest BCUT2D eigenvalue weighted by Gasteiger charge is 2.04. The Balaban J connectivity index is 2.35. The largest absolute Gasteiger partial charge is 0.446 e. The van der Waals surface area contributed by atoms with Gasteiger partial charge in [-0.3, -0.25) is 0 Å². The lowest BCUT2D eigenvalue weighted by molar-refractivity contribution is 0.597. The first-order valence-corrected chi connectivity index (χ1v) is 4.43. The average molecular weight is 176 g/mol. The predicted molar refractivity (Wildman–Crippen MR) is 51.4 cm³/mol. The second-order valence-corrected chi connectivity index (χ2v) is 3.01. The van der Waals surface area contributed by atoms with E-state index in [2.05, 4.69) is 4.98 Å². The van der Waals surface area contributed by atoms with Gasteiger partial charge in [0.05, 0.1) is 6.26 Å². The minimum absolute atomic E-state index is 0.715. The lowest BCUT2D eigenvalue weighted by Crippen LogP contribution is -1.99. The first-order valence-electron chi connectivity index (χ1n) is 4.43. The van der Waals surface area contributed by atoms with Crippen LogP contribution >= 0.6 is 0 Å². The van der Waals surface area contributed by atoms with Crippen molar-refractivity contribution in [1.29, 1.82) is 0 Å². The molecule has 13 heavy (non-hydrogen) atoms. The van der Waals surface area contributed by atoms with Crippen molar-refractivity contribution in [3.05, 3.63) is 30.2 Å². The fourth-order valence-electron chi connectivity index (χ4n) is 1.41. The Hall–Kier alpha value is -1.35. The maximum Gasteiger partial charge on any atom is 0.226 e. The van der Waals surface area contributed by atoms with Gasteiger partial charge in [-0.05, 0) is 31.5 Å². The number of nitrogens with zero attached hydrogens (tertiary/aromatic N) is 1. The predicted octanol–water partition coefficient (Wildman–Crippen LogP) is 1.72. The average Bonchev–Trinajstić information content (AvgIpc) is 2.58. The van der Waals surface area contributed by atoms with Gasteiger partial charge in [0.25, 0.3) is 0 Å². The molecule has 3 nitrogen and oxygen atoms in total. The number of hydrogen-bond acceptors (Lipinski definition) is 3. The summed E-state index contributed by atoms with van der Waals surface area (Å²) in [5, 5.41) is 1.11. The second-order valence-electron chi connectivity index (χ2n) is 3.01. The summed E-state index contributed by atoms with van der Waals surface area (Å²) in [4.78, 5) is 4.11. The summed E-state index contributed by atoms with van der Waals surface area (Å²) < 4.78 is 5.29. The SMILES string of the molecule is NCCCc1coc2ncccc12. The molecule has 0 amide bonds. The monoisotopic (exact) mass is 176 g/mol. The molecule has 0 saturated heterocycles. The third-order valence-electron chi connectivity index (χ3n) is 2.08. The van der Waals surface area contributed by atoms with Crippen LogP contribution in [-0.4, -0.2) is 11.5 Å². The van der Waals surface area contributed by atoms with Crippen LogP contribution < -0.4 is 5.73 Å². The maximum atomic E-state index is 5.44. The fourth-order valence-corrected chi connectivity index (χ4v) is 1.41. The van der Waals surface area contributed by atoms with E-state index >= 15 is 0 Å². The number of furan rings is 1. The summed E-state index contributed by atoms with van der Waals surface area (Å²) in [5.41, 5.74) is 7.36. The summed E-state index contributed by atoms with van der Waals surface area (Å²) in [7, 11) is 0. The van der Waals surface area contributed by atoms with Crippen LogP contribution in [0.3, 0.4) is 0 Å². The first kappa shape index (κ1) is 8.26. The molecular formula is C10H12N2O. The van der Waals surface area contributed by atoms with Crippen molar-refractivity contribution in [2.45, 2.75) is 12.8 Å². The molecule has 2 rings (SSSR count). The topological polar surface area (TPSA) is 52.0 Å². The normalized spacial score (nSPS) is 10.8. The number of pyridine rings is 1. The minimum Gasteiger partial charge on any atom is -0.446 e. The molecule has 2 N–H and O–H groups in total. The molecule has 0 aliphatic rings. The Labute approximate surface area is 76.6 Å². The van der Waals surface area contributed by atoms with Gasteiger partial charge in [-0.15, -0.1) is 0 Å². The molecule has 2 aromatic heterocycles. The summed E-state index contributed by atoms with van der Waals surface area (Å²) in [6.45, 7) is 0.715. The molecule has 0 aromatic carbocycles. The lowest BCUT2D eigenvalue weighted by atomic mass is 10.1. The maximum absolute atomic E-state index is 5.44. The zero-order chi connectivity index (χ0) is 9.10. The third-order valence-corrected chi connectivity index (χ3v) is 2.08. The molecule has 0 spiro atoms. The summed E-state index contributed by atoms with van der Waals surface area (Å²) in [6, 6.07) is 3.95. The van der Waals surface area contributed by atoms with Crippen LogP contribution in [0.15, 0.2) is 29.0 Å². The van der Waals surface area contributed by atoms with Crippen LogP contribution in [0.4, 0.5) is 0 Å². The fraction of sp³-hybridized carbons (Fsp3) is 0.300. The lowest BCUT2D eigenvalue weighted by Gasteiger charge is -1.94. The smallest absolute Gasteiger partial charge is 0.226 e. The zero-order valence-corrected chi connectivity index (χ0v) is 7.36. The molecule has 0 bridgehead atoms. The molecule has 0 fully saturated rings. The highest BCUT2D eigenvalue weighted by Crippen LogP contribution is 2.19. The van der Waals surface area contributed by atoms with E-state index in [0.29, 0.717) is 6.54 Å². The summed E-state index contributed by atoms with van der Waals surface area (Å²) in [6.07, 6.45) is 5.46. The van der Waals surface area contributed by atoms with Gasteiger partial charge in [-0.2, -0.15) is 0 Å². The van der Waals surface area contributed by atoms with Gasteiger partial charge < -0.3 is 10.2 Å². The minimum atomic E-state index is 0.715. The number of hydrogen-bond donors (Lipinski definition) is 1. The van der Waals surface area contributed by atoms with Crippen molar-refractivity contribution in [1.82, 2.24) is 4.98 Å². The zero-order valence-electron chi connectivity index (χ0n) is 7.36. The van der Waals surface area contributed by atoms with Crippen molar-refractivity contribution >= 4 is 11.1 Å².